The molecule has 0 amide bonds. The molecule has 18 heavy (non-hydrogen) atoms. The van der Waals surface area contributed by atoms with Gasteiger partial charge in [-0.05, 0) is 57.9 Å². The van der Waals surface area contributed by atoms with Crippen LogP contribution in [0.2, 0.25) is 0 Å². The van der Waals surface area contributed by atoms with Gasteiger partial charge < -0.3 is 5.32 Å². The summed E-state index contributed by atoms with van der Waals surface area (Å²) in [7, 11) is 0. The van der Waals surface area contributed by atoms with Gasteiger partial charge in [0.15, 0.2) is 0 Å². The number of hydrogen-bond acceptors (Lipinski definition) is 1. The molecule has 98 valence electrons. The fourth-order valence-corrected chi connectivity index (χ4v) is 1.87. The van der Waals surface area contributed by atoms with Crippen molar-refractivity contribution in [3.63, 3.8) is 0 Å². The third-order valence-electron chi connectivity index (χ3n) is 2.69. The summed E-state index contributed by atoms with van der Waals surface area (Å²) in [4.78, 5) is 0. The summed E-state index contributed by atoms with van der Waals surface area (Å²) >= 11 is 3.43. The van der Waals surface area contributed by atoms with Gasteiger partial charge in [-0.25, -0.2) is 0 Å². The summed E-state index contributed by atoms with van der Waals surface area (Å²) in [5, 5.41) is 3.39. The summed E-state index contributed by atoms with van der Waals surface area (Å²) in [5.74, 6) is 0. The quantitative estimate of drug-likeness (QED) is 0.679. The molecule has 1 aromatic carbocycles. The first-order valence-electron chi connectivity index (χ1n) is 6.36. The molecule has 1 N–H and O–H groups in total. The van der Waals surface area contributed by atoms with Gasteiger partial charge in [-0.15, -0.1) is 0 Å². The normalized spacial score (nSPS) is 11.2. The molecule has 0 spiro atoms. The van der Waals surface area contributed by atoms with Gasteiger partial charge in [0, 0.05) is 16.7 Å². The number of rotatable bonds is 6. The maximum absolute atomic E-state index is 3.43. The predicted octanol–water partition coefficient (Wildman–Crippen LogP) is 5.55. The van der Waals surface area contributed by atoms with Gasteiger partial charge in [0.05, 0.1) is 0 Å². The molecule has 0 unspecified atom stereocenters. The molecule has 1 nitrogen and oxygen atoms in total. The van der Waals surface area contributed by atoms with Crippen molar-refractivity contribution in [2.45, 2.75) is 33.6 Å². The van der Waals surface area contributed by atoms with Gasteiger partial charge >= 0.3 is 0 Å². The van der Waals surface area contributed by atoms with Crippen LogP contribution in [0.3, 0.4) is 0 Å². The summed E-state index contributed by atoms with van der Waals surface area (Å²) in [6, 6.07) is 8.26. The highest BCUT2D eigenvalue weighted by Crippen LogP contribution is 2.14. The van der Waals surface area contributed by atoms with Crippen LogP contribution in [0.1, 0.15) is 33.6 Å². The van der Waals surface area contributed by atoms with Crippen molar-refractivity contribution in [1.29, 1.82) is 0 Å². The Bertz CT molecular complexity index is 411. The van der Waals surface area contributed by atoms with E-state index in [1.54, 1.807) is 0 Å². The van der Waals surface area contributed by atoms with Gasteiger partial charge in [0.25, 0.3) is 0 Å². The maximum atomic E-state index is 3.43. The average Bonchev–Trinajstić information content (AvgIpc) is 2.31. The number of hydrogen-bond donors (Lipinski definition) is 1. The molecule has 0 radical (unpaired) electrons. The fourth-order valence-electron chi connectivity index (χ4n) is 1.60. The van der Waals surface area contributed by atoms with Gasteiger partial charge in [-0.1, -0.05) is 39.2 Å². The van der Waals surface area contributed by atoms with Crippen LogP contribution < -0.4 is 5.32 Å². The van der Waals surface area contributed by atoms with E-state index in [9.17, 15) is 0 Å². The number of benzene rings is 1. The van der Waals surface area contributed by atoms with Gasteiger partial charge in [-0.2, -0.15) is 0 Å². The Labute approximate surface area is 119 Å². The van der Waals surface area contributed by atoms with E-state index in [0.717, 1.165) is 29.5 Å². The Hall–Kier alpha value is -1.02. The molecule has 0 aliphatic rings. The van der Waals surface area contributed by atoms with E-state index in [-0.39, 0.29) is 0 Å². The van der Waals surface area contributed by atoms with Crippen molar-refractivity contribution in [1.82, 2.24) is 0 Å². The van der Waals surface area contributed by atoms with Crippen LogP contribution in [-0.2, 0) is 0 Å². The van der Waals surface area contributed by atoms with Crippen molar-refractivity contribution in [3.8, 4) is 0 Å². The van der Waals surface area contributed by atoms with Gasteiger partial charge in [0.2, 0.25) is 0 Å². The summed E-state index contributed by atoms with van der Waals surface area (Å²) in [6.07, 6.45) is 6.84. The predicted molar refractivity (Wildman–Crippen MR) is 85.1 cm³/mol. The fraction of sp³-hybridized carbons (Fsp3) is 0.375. The molecule has 0 aliphatic carbocycles. The lowest BCUT2D eigenvalue weighted by atomic mass is 10.1. The van der Waals surface area contributed by atoms with Crippen LogP contribution >= 0.6 is 15.9 Å². The molecule has 0 aliphatic heterocycles. The van der Waals surface area contributed by atoms with Crippen LogP contribution in [0, 0.1) is 0 Å². The second-order valence-corrected chi connectivity index (χ2v) is 5.67. The van der Waals surface area contributed by atoms with E-state index in [0.29, 0.717) is 0 Å². The van der Waals surface area contributed by atoms with E-state index in [1.807, 2.05) is 12.1 Å². The minimum Gasteiger partial charge on any atom is -0.382 e. The van der Waals surface area contributed by atoms with Crippen molar-refractivity contribution in [3.05, 3.63) is 52.0 Å². The maximum Gasteiger partial charge on any atom is 0.0343 e. The summed E-state index contributed by atoms with van der Waals surface area (Å²) in [5.41, 5.74) is 4.00. The lowest BCUT2D eigenvalue weighted by Crippen LogP contribution is -1.98. The molecule has 0 saturated carbocycles. The zero-order chi connectivity index (χ0) is 13.4. The van der Waals surface area contributed by atoms with Crippen molar-refractivity contribution in [2.24, 2.45) is 0 Å². The van der Waals surface area contributed by atoms with Crippen LogP contribution in [0.15, 0.2) is 52.0 Å². The second kappa shape index (κ2) is 8.15. The van der Waals surface area contributed by atoms with Crippen molar-refractivity contribution >= 4 is 21.6 Å². The largest absolute Gasteiger partial charge is 0.382 e. The Kier molecular flexibility index (Phi) is 6.81. The van der Waals surface area contributed by atoms with Crippen LogP contribution in [0.4, 0.5) is 5.69 Å². The molecule has 2 heteroatoms. The zero-order valence-electron chi connectivity index (χ0n) is 11.5. The average molecular weight is 308 g/mol. The number of allylic oxidation sites excluding steroid dienone is 3. The summed E-state index contributed by atoms with van der Waals surface area (Å²) < 4.78 is 1.11. The molecule has 1 rings (SSSR count). The van der Waals surface area contributed by atoms with E-state index >= 15 is 0 Å². The number of halogens is 1. The Morgan fingerprint density at radius 2 is 1.78 bits per heavy atom. The lowest BCUT2D eigenvalue weighted by Gasteiger charge is -2.04. The van der Waals surface area contributed by atoms with Crippen LogP contribution in [0.25, 0.3) is 0 Å². The molecule has 0 atom stereocenters. The second-order valence-electron chi connectivity index (χ2n) is 4.76. The monoisotopic (exact) mass is 307 g/mol. The van der Waals surface area contributed by atoms with Gasteiger partial charge in [-0.3, -0.25) is 0 Å². The molecule has 0 fully saturated rings. The van der Waals surface area contributed by atoms with E-state index < -0.39 is 0 Å². The minimum absolute atomic E-state index is 0.891. The lowest BCUT2D eigenvalue weighted by molar-refractivity contribution is 0.959. The third-order valence-corrected chi connectivity index (χ3v) is 3.22. The SMILES string of the molecule is CC(C)=CCC/C(C)=C/CNc1ccc(Br)cc1. The topological polar surface area (TPSA) is 12.0 Å². The van der Waals surface area contributed by atoms with E-state index in [2.05, 4.69) is 66.3 Å². The highest BCUT2D eigenvalue weighted by Gasteiger charge is 1.91. The molecular formula is C16H22BrN. The molecule has 0 saturated heterocycles. The van der Waals surface area contributed by atoms with E-state index in [1.165, 1.54) is 11.1 Å². The molecule has 1 aromatic rings. The Balaban J connectivity index is 2.31. The number of anilines is 1. The van der Waals surface area contributed by atoms with Crippen molar-refractivity contribution in [2.75, 3.05) is 11.9 Å². The first kappa shape index (κ1) is 15.0. The number of nitrogens with one attached hydrogen (secondary N) is 1. The molecule has 0 heterocycles. The standard InChI is InChI=1S/C16H22BrN/c1-13(2)5-4-6-14(3)11-12-18-16-9-7-15(17)8-10-16/h5,7-11,18H,4,6,12H2,1-3H3/b14-11+. The molecular weight excluding hydrogens is 286 g/mol. The smallest absolute Gasteiger partial charge is 0.0343 e. The molecule has 0 bridgehead atoms. The Morgan fingerprint density at radius 3 is 2.39 bits per heavy atom. The van der Waals surface area contributed by atoms with Crippen molar-refractivity contribution < 1.29 is 0 Å². The third kappa shape index (κ3) is 6.65. The van der Waals surface area contributed by atoms with E-state index in [4.69, 9.17) is 0 Å². The van der Waals surface area contributed by atoms with Crippen LogP contribution in [0.5, 0.6) is 0 Å². The first-order valence-corrected chi connectivity index (χ1v) is 7.15. The highest BCUT2D eigenvalue weighted by molar-refractivity contribution is 9.10. The summed E-state index contributed by atoms with van der Waals surface area (Å²) in [6.45, 7) is 7.38. The molecule has 0 aromatic heterocycles. The zero-order valence-corrected chi connectivity index (χ0v) is 13.0. The minimum atomic E-state index is 0.891. The van der Waals surface area contributed by atoms with Gasteiger partial charge in [0.1, 0.15) is 0 Å². The first-order chi connectivity index (χ1) is 8.58. The highest BCUT2D eigenvalue weighted by atomic mass is 79.9. The van der Waals surface area contributed by atoms with Crippen LogP contribution in [-0.4, -0.2) is 6.54 Å². The Morgan fingerprint density at radius 1 is 1.11 bits per heavy atom.